The average Bonchev–Trinajstić information content (AvgIpc) is 2.88. The van der Waals surface area contributed by atoms with Gasteiger partial charge < -0.3 is 15.0 Å². The molecule has 4 heteroatoms. The summed E-state index contributed by atoms with van der Waals surface area (Å²) >= 11 is 0. The summed E-state index contributed by atoms with van der Waals surface area (Å²) in [5, 5.41) is 3.13. The van der Waals surface area contributed by atoms with Crippen molar-refractivity contribution in [3.63, 3.8) is 0 Å². The molecule has 0 aliphatic carbocycles. The second-order valence-electron chi connectivity index (χ2n) is 7.03. The zero-order valence-electron chi connectivity index (χ0n) is 13.2. The molecule has 3 aliphatic heterocycles. The van der Waals surface area contributed by atoms with Crippen LogP contribution in [0.2, 0.25) is 0 Å². The highest BCUT2D eigenvalue weighted by Crippen LogP contribution is 2.37. The Morgan fingerprint density at radius 1 is 1.23 bits per heavy atom. The molecule has 22 heavy (non-hydrogen) atoms. The molecule has 0 bridgehead atoms. The molecule has 118 valence electrons. The van der Waals surface area contributed by atoms with Crippen molar-refractivity contribution in [2.24, 2.45) is 5.92 Å². The van der Waals surface area contributed by atoms with Crippen LogP contribution in [-0.2, 0) is 4.74 Å². The van der Waals surface area contributed by atoms with Crippen molar-refractivity contribution in [2.75, 3.05) is 39.9 Å². The summed E-state index contributed by atoms with van der Waals surface area (Å²) in [6.45, 7) is 4.61. The van der Waals surface area contributed by atoms with Crippen LogP contribution >= 0.6 is 0 Å². The minimum Gasteiger partial charge on any atom is -0.381 e. The fourth-order valence-corrected chi connectivity index (χ4v) is 4.34. The van der Waals surface area contributed by atoms with Crippen molar-refractivity contribution >= 4 is 5.91 Å². The van der Waals surface area contributed by atoms with E-state index in [1.54, 1.807) is 0 Å². The van der Waals surface area contributed by atoms with Crippen molar-refractivity contribution in [2.45, 2.75) is 24.7 Å². The average molecular weight is 300 g/mol. The van der Waals surface area contributed by atoms with E-state index < -0.39 is 0 Å². The number of likely N-dealkylation sites (N-methyl/N-ethyl adjacent to an activating group) is 1. The number of likely N-dealkylation sites (tertiary alicyclic amines) is 1. The number of fused-ring (bicyclic) bond motifs is 3. The molecule has 1 aromatic rings. The van der Waals surface area contributed by atoms with Crippen LogP contribution in [0.1, 0.15) is 46.2 Å². The highest BCUT2D eigenvalue weighted by molar-refractivity contribution is 5.96. The third-order valence-electron chi connectivity index (χ3n) is 5.56. The molecule has 0 spiro atoms. The van der Waals surface area contributed by atoms with Gasteiger partial charge in [-0.3, -0.25) is 4.79 Å². The minimum absolute atomic E-state index is 0.112. The number of rotatable bonds is 1. The summed E-state index contributed by atoms with van der Waals surface area (Å²) in [5.41, 5.74) is 3.47. The molecule has 2 atom stereocenters. The number of benzene rings is 1. The Morgan fingerprint density at radius 2 is 2.05 bits per heavy atom. The van der Waals surface area contributed by atoms with Crippen LogP contribution in [0.3, 0.4) is 0 Å². The van der Waals surface area contributed by atoms with Crippen LogP contribution in [0.15, 0.2) is 18.2 Å². The number of hydrogen-bond acceptors (Lipinski definition) is 3. The molecule has 4 rings (SSSR count). The zero-order chi connectivity index (χ0) is 15.1. The van der Waals surface area contributed by atoms with Crippen molar-refractivity contribution in [3.8, 4) is 0 Å². The first-order valence-electron chi connectivity index (χ1n) is 8.40. The monoisotopic (exact) mass is 300 g/mol. The van der Waals surface area contributed by atoms with E-state index in [9.17, 15) is 4.79 Å². The van der Waals surface area contributed by atoms with Gasteiger partial charge in [-0.2, -0.15) is 0 Å². The topological polar surface area (TPSA) is 41.6 Å². The van der Waals surface area contributed by atoms with Gasteiger partial charge in [-0.15, -0.1) is 0 Å². The fraction of sp³-hybridized carbons (Fsp3) is 0.611. The van der Waals surface area contributed by atoms with Crippen LogP contribution in [0.4, 0.5) is 0 Å². The van der Waals surface area contributed by atoms with Crippen molar-refractivity contribution < 1.29 is 9.53 Å². The van der Waals surface area contributed by atoms with Gasteiger partial charge in [0, 0.05) is 44.3 Å². The molecule has 1 aromatic carbocycles. The fourth-order valence-electron chi connectivity index (χ4n) is 4.34. The van der Waals surface area contributed by atoms with E-state index >= 15 is 0 Å². The highest BCUT2D eigenvalue weighted by atomic mass is 16.5. The van der Waals surface area contributed by atoms with E-state index in [2.05, 4.69) is 35.5 Å². The molecule has 2 saturated heterocycles. The Hall–Kier alpha value is -1.39. The van der Waals surface area contributed by atoms with Gasteiger partial charge in [0.25, 0.3) is 5.91 Å². The molecule has 4 nitrogen and oxygen atoms in total. The van der Waals surface area contributed by atoms with Gasteiger partial charge in [0.2, 0.25) is 0 Å². The number of nitrogens with one attached hydrogen (secondary N) is 1. The first-order valence-corrected chi connectivity index (χ1v) is 8.40. The largest absolute Gasteiger partial charge is 0.381 e. The summed E-state index contributed by atoms with van der Waals surface area (Å²) in [7, 11) is 2.17. The number of carbonyl (C=O) groups is 1. The van der Waals surface area contributed by atoms with E-state index in [0.717, 1.165) is 51.3 Å². The smallest absolute Gasteiger partial charge is 0.251 e. The van der Waals surface area contributed by atoms with E-state index in [0.29, 0.717) is 17.8 Å². The standard InChI is InChI=1S/C18H24N2O2/c1-20-10-14-9-19-18(21)16-8-13(12-4-6-22-7-5-12)2-3-15(16)17(14)11-20/h2-3,8,12,14,17H,4-7,9-11H2,1H3,(H,19,21). The van der Waals surface area contributed by atoms with Crippen LogP contribution in [-0.4, -0.2) is 50.7 Å². The Balaban J connectivity index is 1.70. The molecule has 3 aliphatic rings. The van der Waals surface area contributed by atoms with E-state index in [1.165, 1.54) is 11.1 Å². The summed E-state index contributed by atoms with van der Waals surface area (Å²) in [5.74, 6) is 1.69. The molecule has 1 N–H and O–H groups in total. The number of carbonyl (C=O) groups excluding carboxylic acids is 1. The van der Waals surface area contributed by atoms with Crippen LogP contribution in [0.25, 0.3) is 0 Å². The molecular weight excluding hydrogens is 276 g/mol. The molecule has 0 saturated carbocycles. The molecule has 1 amide bonds. The van der Waals surface area contributed by atoms with Gasteiger partial charge in [-0.1, -0.05) is 12.1 Å². The molecule has 2 fully saturated rings. The maximum atomic E-state index is 12.5. The first kappa shape index (κ1) is 14.2. The third kappa shape index (κ3) is 2.44. The lowest BCUT2D eigenvalue weighted by molar-refractivity contribution is 0.0853. The summed E-state index contributed by atoms with van der Waals surface area (Å²) in [4.78, 5) is 14.9. The zero-order valence-corrected chi connectivity index (χ0v) is 13.2. The summed E-state index contributed by atoms with van der Waals surface area (Å²) in [6, 6.07) is 6.63. The first-order chi connectivity index (χ1) is 10.7. The molecule has 0 aromatic heterocycles. The predicted octanol–water partition coefficient (Wildman–Crippen LogP) is 1.97. The summed E-state index contributed by atoms with van der Waals surface area (Å²) < 4.78 is 5.46. The van der Waals surface area contributed by atoms with Crippen molar-refractivity contribution in [1.29, 1.82) is 0 Å². The van der Waals surface area contributed by atoms with Gasteiger partial charge in [0.1, 0.15) is 0 Å². The second kappa shape index (κ2) is 5.67. The maximum Gasteiger partial charge on any atom is 0.251 e. The van der Waals surface area contributed by atoms with Gasteiger partial charge in [-0.05, 0) is 48.9 Å². The van der Waals surface area contributed by atoms with Gasteiger partial charge in [0.15, 0.2) is 0 Å². The Kier molecular flexibility index (Phi) is 3.66. The highest BCUT2D eigenvalue weighted by Gasteiger charge is 2.37. The number of amides is 1. The maximum absolute atomic E-state index is 12.5. The number of ether oxygens (including phenoxy) is 1. The lowest BCUT2D eigenvalue weighted by Gasteiger charge is -2.24. The Morgan fingerprint density at radius 3 is 2.86 bits per heavy atom. The Labute approximate surface area is 131 Å². The lowest BCUT2D eigenvalue weighted by Crippen LogP contribution is -2.29. The van der Waals surface area contributed by atoms with Gasteiger partial charge in [-0.25, -0.2) is 0 Å². The molecule has 2 unspecified atom stereocenters. The van der Waals surface area contributed by atoms with Gasteiger partial charge in [0.05, 0.1) is 0 Å². The Bertz CT molecular complexity index is 580. The van der Waals surface area contributed by atoms with Crippen LogP contribution in [0, 0.1) is 5.92 Å². The third-order valence-corrected chi connectivity index (χ3v) is 5.56. The SMILES string of the molecule is CN1CC2CNC(=O)c3cc(C4CCOCC4)ccc3C2C1. The second-order valence-corrected chi connectivity index (χ2v) is 7.03. The minimum atomic E-state index is 0.112. The van der Waals surface area contributed by atoms with E-state index in [4.69, 9.17) is 4.74 Å². The van der Waals surface area contributed by atoms with E-state index in [1.807, 2.05) is 0 Å². The molecular formula is C18H24N2O2. The quantitative estimate of drug-likeness (QED) is 0.862. The molecule has 0 radical (unpaired) electrons. The normalized spacial score (nSPS) is 29.6. The molecule has 3 heterocycles. The van der Waals surface area contributed by atoms with Crippen molar-refractivity contribution in [3.05, 3.63) is 34.9 Å². The predicted molar refractivity (Wildman–Crippen MR) is 85.3 cm³/mol. The lowest BCUT2D eigenvalue weighted by atomic mass is 9.84. The number of hydrogen-bond donors (Lipinski definition) is 1. The van der Waals surface area contributed by atoms with E-state index in [-0.39, 0.29) is 5.91 Å². The summed E-state index contributed by atoms with van der Waals surface area (Å²) in [6.07, 6.45) is 2.13. The number of nitrogens with zero attached hydrogens (tertiary/aromatic N) is 1. The van der Waals surface area contributed by atoms with Crippen LogP contribution in [0.5, 0.6) is 0 Å². The van der Waals surface area contributed by atoms with Crippen molar-refractivity contribution in [1.82, 2.24) is 10.2 Å². The van der Waals surface area contributed by atoms with Gasteiger partial charge >= 0.3 is 0 Å². The van der Waals surface area contributed by atoms with Crippen LogP contribution < -0.4 is 5.32 Å².